The number of hydrazine groups is 1. The number of hydrogen-bond acceptors (Lipinski definition) is 8. The fourth-order valence-corrected chi connectivity index (χ4v) is 6.01. The third kappa shape index (κ3) is 5.46. The number of nitrogens with two attached hydrogens (primary N) is 1. The zero-order valence-electron chi connectivity index (χ0n) is 24.1. The van der Waals surface area contributed by atoms with Crippen LogP contribution in [0, 0.1) is 5.41 Å². The van der Waals surface area contributed by atoms with E-state index in [2.05, 4.69) is 17.0 Å². The van der Waals surface area contributed by atoms with Crippen molar-refractivity contribution in [2.75, 3.05) is 6.61 Å². The lowest BCUT2D eigenvalue weighted by molar-refractivity contribution is -0.139. The van der Waals surface area contributed by atoms with Gasteiger partial charge in [-0.25, -0.2) is 9.80 Å². The van der Waals surface area contributed by atoms with Crippen LogP contribution < -0.4 is 16.7 Å². The lowest BCUT2D eigenvalue weighted by atomic mass is 9.69. The van der Waals surface area contributed by atoms with Gasteiger partial charge in [-0.1, -0.05) is 31.5 Å². The Kier molecular flexibility index (Phi) is 7.98. The monoisotopic (exact) mass is 601 g/mol. The molecule has 1 unspecified atom stereocenters. The molecule has 3 N–H and O–H groups in total. The molecule has 2 aliphatic rings. The quantitative estimate of drug-likeness (QED) is 0.301. The highest BCUT2D eigenvalue weighted by molar-refractivity contribution is 6.31. The number of rotatable bonds is 7. The van der Waals surface area contributed by atoms with Crippen LogP contribution in [0.4, 0.5) is 0 Å². The zero-order chi connectivity index (χ0) is 31.1. The molecule has 0 fully saturated rings. The Balaban J connectivity index is 1.81. The van der Waals surface area contributed by atoms with Crippen LogP contribution in [-0.2, 0) is 20.9 Å². The van der Waals surface area contributed by atoms with Gasteiger partial charge >= 0.3 is 5.97 Å². The number of ketones is 1. The van der Waals surface area contributed by atoms with Gasteiger partial charge in [-0.3, -0.25) is 24.8 Å². The second kappa shape index (κ2) is 11.5. The fraction of sp³-hybridized carbons (Fsp3) is 0.281. The summed E-state index contributed by atoms with van der Waals surface area (Å²) in [6, 6.07) is 9.83. The molecule has 0 saturated carbocycles. The minimum absolute atomic E-state index is 0.0205. The summed E-state index contributed by atoms with van der Waals surface area (Å²) in [6.07, 6.45) is 5.03. The summed E-state index contributed by atoms with van der Waals surface area (Å²) in [4.78, 5) is 59.1. The number of allylic oxidation sites excluding steroid dienone is 3. The van der Waals surface area contributed by atoms with E-state index in [0.29, 0.717) is 33.6 Å². The number of fused-ring (bicyclic) bond motifs is 1. The van der Waals surface area contributed by atoms with Crippen molar-refractivity contribution in [3.8, 4) is 0 Å². The Morgan fingerprint density at radius 1 is 1.19 bits per heavy atom. The van der Waals surface area contributed by atoms with Gasteiger partial charge in [0.05, 0.1) is 29.3 Å². The molecular formula is C32H32ClN5O5. The Bertz CT molecular complexity index is 1790. The average molecular weight is 602 g/mol. The number of nitrogens with zero attached hydrogens (tertiary/aromatic N) is 3. The maximum atomic E-state index is 14.2. The molecule has 5 rings (SSSR count). The molecule has 2 aromatic heterocycles. The van der Waals surface area contributed by atoms with Crippen molar-refractivity contribution in [1.82, 2.24) is 20.0 Å². The highest BCUT2D eigenvalue weighted by Crippen LogP contribution is 2.48. The number of halogens is 1. The number of carbonyl (C=O) groups is 3. The second-order valence-corrected chi connectivity index (χ2v) is 11.7. The van der Waals surface area contributed by atoms with Crippen molar-refractivity contribution in [2.24, 2.45) is 11.1 Å². The van der Waals surface area contributed by atoms with Gasteiger partial charge in [0.2, 0.25) is 0 Å². The molecule has 1 aliphatic carbocycles. The van der Waals surface area contributed by atoms with Gasteiger partial charge in [0.25, 0.3) is 11.5 Å². The highest BCUT2D eigenvalue weighted by Gasteiger charge is 2.47. The normalized spacial score (nSPS) is 18.0. The van der Waals surface area contributed by atoms with Gasteiger partial charge in [0.15, 0.2) is 5.78 Å². The van der Waals surface area contributed by atoms with Gasteiger partial charge in [-0.05, 0) is 55.2 Å². The molecule has 1 aliphatic heterocycles. The van der Waals surface area contributed by atoms with Crippen LogP contribution in [0.5, 0.6) is 0 Å². The largest absolute Gasteiger partial charge is 0.463 e. The van der Waals surface area contributed by atoms with Crippen molar-refractivity contribution < 1.29 is 19.1 Å². The summed E-state index contributed by atoms with van der Waals surface area (Å²) in [5.41, 5.74) is 10.1. The van der Waals surface area contributed by atoms with Crippen molar-refractivity contribution >= 4 is 40.2 Å². The van der Waals surface area contributed by atoms with Gasteiger partial charge in [-0.2, -0.15) is 0 Å². The number of benzene rings is 1. The van der Waals surface area contributed by atoms with Gasteiger partial charge in [0.1, 0.15) is 5.82 Å². The smallest absolute Gasteiger partial charge is 0.338 e. The first-order chi connectivity index (χ1) is 20.5. The number of aromatic nitrogens is 2. The van der Waals surface area contributed by atoms with Crippen molar-refractivity contribution in [1.29, 1.82) is 0 Å². The first-order valence-corrected chi connectivity index (χ1v) is 14.2. The molecule has 0 bridgehead atoms. The van der Waals surface area contributed by atoms with Gasteiger partial charge < -0.3 is 15.0 Å². The highest BCUT2D eigenvalue weighted by atomic mass is 35.5. The second-order valence-electron chi connectivity index (χ2n) is 11.3. The minimum Gasteiger partial charge on any atom is -0.463 e. The Hall–Kier alpha value is -4.70. The maximum absolute atomic E-state index is 14.2. The first-order valence-electron chi connectivity index (χ1n) is 13.9. The van der Waals surface area contributed by atoms with E-state index in [1.807, 2.05) is 13.8 Å². The predicted molar refractivity (Wildman–Crippen MR) is 163 cm³/mol. The summed E-state index contributed by atoms with van der Waals surface area (Å²) in [6.45, 7) is 9.50. The van der Waals surface area contributed by atoms with Crippen LogP contribution in [0.15, 0.2) is 88.9 Å². The number of esters is 1. The van der Waals surface area contributed by atoms with Crippen LogP contribution in [-0.4, -0.2) is 38.8 Å². The number of amides is 1. The minimum atomic E-state index is -1.15. The summed E-state index contributed by atoms with van der Waals surface area (Å²) in [5, 5.41) is 2.37. The Morgan fingerprint density at radius 2 is 1.91 bits per heavy atom. The summed E-state index contributed by atoms with van der Waals surface area (Å²) >= 11 is 6.33. The van der Waals surface area contributed by atoms with E-state index in [9.17, 15) is 19.2 Å². The number of Topliss-reactive ketones (excluding diaryl/α,β-unsaturated/α-hetero) is 1. The van der Waals surface area contributed by atoms with Crippen LogP contribution in [0.25, 0.3) is 10.9 Å². The van der Waals surface area contributed by atoms with Crippen molar-refractivity contribution in [2.45, 2.75) is 46.1 Å². The SMILES string of the molecule is C=CCn1c(=O)c(C2C(C(=O)OCC)=C(N)N(NC(=O)c3ccncc3)C3=C2C(=O)CC(C)(C)C3)cc2cc(Cl)ccc21. The van der Waals surface area contributed by atoms with Crippen LogP contribution in [0.1, 0.15) is 55.5 Å². The molecule has 222 valence electrons. The first kappa shape index (κ1) is 29.8. The van der Waals surface area contributed by atoms with E-state index < -0.39 is 28.8 Å². The van der Waals surface area contributed by atoms with Gasteiger partial charge in [0, 0.05) is 52.5 Å². The van der Waals surface area contributed by atoms with E-state index in [1.165, 1.54) is 34.1 Å². The number of nitrogens with one attached hydrogen (secondary N) is 1. The summed E-state index contributed by atoms with van der Waals surface area (Å²) in [7, 11) is 0. The molecule has 0 radical (unpaired) electrons. The molecular weight excluding hydrogens is 570 g/mol. The zero-order valence-corrected chi connectivity index (χ0v) is 24.9. The standard InChI is InChI=1S/C32H32ClN5O5/c1-5-13-37-22-8-7-20(33)14-19(22)15-21(30(37)41)25-26-23(16-32(3,4)17-24(26)39)38(28(34)27(25)31(42)43-6-2)36-29(40)18-9-11-35-12-10-18/h5,7-12,14-15,25H,1,6,13,16-17,34H2,2-4H3,(H,36,40). The molecule has 3 aromatic rings. The average Bonchev–Trinajstić information content (AvgIpc) is 2.95. The third-order valence-corrected chi connectivity index (χ3v) is 7.85. The lowest BCUT2D eigenvalue weighted by Gasteiger charge is -2.43. The Morgan fingerprint density at radius 3 is 2.58 bits per heavy atom. The maximum Gasteiger partial charge on any atom is 0.338 e. The van der Waals surface area contributed by atoms with Gasteiger partial charge in [-0.15, -0.1) is 6.58 Å². The summed E-state index contributed by atoms with van der Waals surface area (Å²) < 4.78 is 6.93. The van der Waals surface area contributed by atoms with Crippen LogP contribution in [0.3, 0.4) is 0 Å². The van der Waals surface area contributed by atoms with E-state index in [1.54, 1.807) is 37.3 Å². The molecule has 0 saturated heterocycles. The number of pyridine rings is 2. The van der Waals surface area contributed by atoms with Crippen molar-refractivity contribution in [3.05, 3.63) is 111 Å². The molecule has 43 heavy (non-hydrogen) atoms. The number of hydrogen-bond donors (Lipinski definition) is 2. The molecule has 0 spiro atoms. The molecule has 3 heterocycles. The number of carbonyl (C=O) groups excluding carboxylic acids is 3. The van der Waals surface area contributed by atoms with E-state index >= 15 is 0 Å². The molecule has 1 atom stereocenters. The molecule has 1 aromatic carbocycles. The van der Waals surface area contributed by atoms with E-state index in [0.717, 1.165) is 0 Å². The van der Waals surface area contributed by atoms with Crippen molar-refractivity contribution in [3.63, 3.8) is 0 Å². The topological polar surface area (TPSA) is 137 Å². The van der Waals surface area contributed by atoms with Crippen LogP contribution >= 0.6 is 11.6 Å². The van der Waals surface area contributed by atoms with Crippen LogP contribution in [0.2, 0.25) is 5.02 Å². The lowest BCUT2D eigenvalue weighted by Crippen LogP contribution is -2.51. The fourth-order valence-electron chi connectivity index (χ4n) is 5.82. The van der Waals surface area contributed by atoms with E-state index in [4.69, 9.17) is 22.1 Å². The molecule has 1 amide bonds. The predicted octanol–water partition coefficient (Wildman–Crippen LogP) is 4.36. The Labute approximate surface area is 253 Å². The molecule has 11 heteroatoms. The third-order valence-electron chi connectivity index (χ3n) is 7.62. The molecule has 10 nitrogen and oxygen atoms in total. The number of ether oxygens (including phenoxy) is 1. The van der Waals surface area contributed by atoms with E-state index in [-0.39, 0.29) is 47.9 Å². The summed E-state index contributed by atoms with van der Waals surface area (Å²) in [5.74, 6) is -2.90.